The minimum atomic E-state index is 0. The molecule has 0 atom stereocenters. The summed E-state index contributed by atoms with van der Waals surface area (Å²) >= 11 is 0. The van der Waals surface area contributed by atoms with E-state index >= 15 is 0 Å². The molecule has 0 bridgehead atoms. The lowest BCUT2D eigenvalue weighted by molar-refractivity contribution is 0.374. The molecule has 0 aliphatic heterocycles. The van der Waals surface area contributed by atoms with Gasteiger partial charge in [-0.3, -0.25) is 0 Å². The molecular formula is C12H20ClN. The fourth-order valence-corrected chi connectivity index (χ4v) is 1.06. The van der Waals surface area contributed by atoms with Crippen LogP contribution in [-0.4, -0.2) is 5.54 Å². The van der Waals surface area contributed by atoms with Crippen LogP contribution in [0.2, 0.25) is 0 Å². The van der Waals surface area contributed by atoms with Crippen molar-refractivity contribution in [3.05, 3.63) is 35.9 Å². The standard InChI is InChI=1S/C12H19N.ClH/c1-4-12(2,3)13-10-11-8-6-5-7-9-11;/h5-9,13H,4,10H2,1-3H3;1H. The Balaban J connectivity index is 0.00000169. The third kappa shape index (κ3) is 4.64. The zero-order chi connectivity index (χ0) is 9.73. The lowest BCUT2D eigenvalue weighted by Gasteiger charge is -2.24. The largest absolute Gasteiger partial charge is 0.308 e. The summed E-state index contributed by atoms with van der Waals surface area (Å²) < 4.78 is 0. The quantitative estimate of drug-likeness (QED) is 0.809. The number of nitrogens with one attached hydrogen (secondary N) is 1. The summed E-state index contributed by atoms with van der Waals surface area (Å²) in [6.07, 6.45) is 1.15. The zero-order valence-corrected chi connectivity index (χ0v) is 10.0. The Bertz CT molecular complexity index is 244. The predicted octanol–water partition coefficient (Wildman–Crippen LogP) is 3.39. The molecule has 1 N–H and O–H groups in total. The molecule has 0 heterocycles. The number of benzene rings is 1. The maximum absolute atomic E-state index is 3.52. The molecule has 0 saturated heterocycles. The van der Waals surface area contributed by atoms with Crippen molar-refractivity contribution in [1.29, 1.82) is 0 Å². The van der Waals surface area contributed by atoms with Crippen LogP contribution in [0.5, 0.6) is 0 Å². The highest BCUT2D eigenvalue weighted by Crippen LogP contribution is 2.08. The molecule has 0 aromatic heterocycles. The molecule has 1 aromatic rings. The molecule has 0 spiro atoms. The molecule has 1 aromatic carbocycles. The van der Waals surface area contributed by atoms with Crippen LogP contribution in [0.15, 0.2) is 30.3 Å². The van der Waals surface area contributed by atoms with E-state index in [4.69, 9.17) is 0 Å². The van der Waals surface area contributed by atoms with Crippen molar-refractivity contribution in [2.45, 2.75) is 39.3 Å². The molecule has 0 aliphatic carbocycles. The number of hydrogen-bond acceptors (Lipinski definition) is 1. The second-order valence-corrected chi connectivity index (χ2v) is 4.08. The maximum atomic E-state index is 3.52. The summed E-state index contributed by atoms with van der Waals surface area (Å²) in [4.78, 5) is 0. The van der Waals surface area contributed by atoms with E-state index in [-0.39, 0.29) is 17.9 Å². The lowest BCUT2D eigenvalue weighted by atomic mass is 10.0. The van der Waals surface area contributed by atoms with Crippen LogP contribution in [0.3, 0.4) is 0 Å². The Hall–Kier alpha value is -0.530. The molecule has 0 fully saturated rings. The Morgan fingerprint density at radius 3 is 2.21 bits per heavy atom. The van der Waals surface area contributed by atoms with Crippen LogP contribution in [0, 0.1) is 0 Å². The minimum absolute atomic E-state index is 0. The van der Waals surface area contributed by atoms with Crippen molar-refractivity contribution in [2.24, 2.45) is 0 Å². The van der Waals surface area contributed by atoms with Gasteiger partial charge in [0.2, 0.25) is 0 Å². The Morgan fingerprint density at radius 1 is 1.14 bits per heavy atom. The Kier molecular flexibility index (Phi) is 5.82. The van der Waals surface area contributed by atoms with Crippen LogP contribution >= 0.6 is 12.4 Å². The third-order valence-corrected chi connectivity index (χ3v) is 2.50. The van der Waals surface area contributed by atoms with E-state index in [0.29, 0.717) is 0 Å². The van der Waals surface area contributed by atoms with Gasteiger partial charge in [-0.05, 0) is 25.8 Å². The molecule has 2 heteroatoms. The van der Waals surface area contributed by atoms with E-state index in [1.807, 2.05) is 0 Å². The second-order valence-electron chi connectivity index (χ2n) is 4.08. The van der Waals surface area contributed by atoms with Gasteiger partial charge in [0, 0.05) is 12.1 Å². The Labute approximate surface area is 93.3 Å². The fourth-order valence-electron chi connectivity index (χ4n) is 1.06. The molecule has 80 valence electrons. The molecule has 1 rings (SSSR count). The normalized spacial score (nSPS) is 10.8. The highest BCUT2D eigenvalue weighted by Gasteiger charge is 2.12. The predicted molar refractivity (Wildman–Crippen MR) is 64.9 cm³/mol. The van der Waals surface area contributed by atoms with Crippen LogP contribution < -0.4 is 5.32 Å². The van der Waals surface area contributed by atoms with Crippen LogP contribution in [0.4, 0.5) is 0 Å². The monoisotopic (exact) mass is 213 g/mol. The van der Waals surface area contributed by atoms with Gasteiger partial charge in [-0.1, -0.05) is 37.3 Å². The number of hydrogen-bond donors (Lipinski definition) is 1. The van der Waals surface area contributed by atoms with E-state index in [1.54, 1.807) is 0 Å². The van der Waals surface area contributed by atoms with Crippen molar-refractivity contribution >= 4 is 12.4 Å². The lowest BCUT2D eigenvalue weighted by Crippen LogP contribution is -2.37. The molecule has 0 amide bonds. The van der Waals surface area contributed by atoms with E-state index in [9.17, 15) is 0 Å². The number of halogens is 1. The van der Waals surface area contributed by atoms with E-state index in [2.05, 4.69) is 56.4 Å². The van der Waals surface area contributed by atoms with Gasteiger partial charge in [0.05, 0.1) is 0 Å². The van der Waals surface area contributed by atoms with Gasteiger partial charge < -0.3 is 5.32 Å². The van der Waals surface area contributed by atoms with Crippen molar-refractivity contribution in [2.75, 3.05) is 0 Å². The molecule has 0 aliphatic rings. The second kappa shape index (κ2) is 6.05. The van der Waals surface area contributed by atoms with Gasteiger partial charge >= 0.3 is 0 Å². The Morgan fingerprint density at radius 2 is 1.71 bits per heavy atom. The average molecular weight is 214 g/mol. The molecule has 0 unspecified atom stereocenters. The summed E-state index contributed by atoms with van der Waals surface area (Å²) in [7, 11) is 0. The van der Waals surface area contributed by atoms with E-state index in [1.165, 1.54) is 5.56 Å². The zero-order valence-electron chi connectivity index (χ0n) is 9.21. The van der Waals surface area contributed by atoms with Gasteiger partial charge in [-0.25, -0.2) is 0 Å². The van der Waals surface area contributed by atoms with Crippen molar-refractivity contribution < 1.29 is 0 Å². The number of rotatable bonds is 4. The topological polar surface area (TPSA) is 12.0 Å². The minimum Gasteiger partial charge on any atom is -0.308 e. The molecular weight excluding hydrogens is 194 g/mol. The van der Waals surface area contributed by atoms with Gasteiger partial charge in [-0.2, -0.15) is 0 Å². The third-order valence-electron chi connectivity index (χ3n) is 2.50. The van der Waals surface area contributed by atoms with Gasteiger partial charge in [0.25, 0.3) is 0 Å². The molecule has 14 heavy (non-hydrogen) atoms. The van der Waals surface area contributed by atoms with Crippen molar-refractivity contribution in [3.63, 3.8) is 0 Å². The molecule has 1 nitrogen and oxygen atoms in total. The molecule has 0 radical (unpaired) electrons. The summed E-state index contributed by atoms with van der Waals surface area (Å²) in [6.45, 7) is 7.63. The highest BCUT2D eigenvalue weighted by atomic mass is 35.5. The van der Waals surface area contributed by atoms with Crippen LogP contribution in [0.25, 0.3) is 0 Å². The average Bonchev–Trinajstić information content (AvgIpc) is 2.17. The van der Waals surface area contributed by atoms with Crippen LogP contribution in [0.1, 0.15) is 32.8 Å². The smallest absolute Gasteiger partial charge is 0.0210 e. The van der Waals surface area contributed by atoms with E-state index < -0.39 is 0 Å². The van der Waals surface area contributed by atoms with Gasteiger partial charge in [-0.15, -0.1) is 12.4 Å². The highest BCUT2D eigenvalue weighted by molar-refractivity contribution is 5.85. The first kappa shape index (κ1) is 13.5. The molecule has 0 saturated carbocycles. The SMILES string of the molecule is CCC(C)(C)NCc1ccccc1.Cl. The first-order valence-electron chi connectivity index (χ1n) is 4.93. The maximum Gasteiger partial charge on any atom is 0.0210 e. The van der Waals surface area contributed by atoms with Crippen molar-refractivity contribution in [1.82, 2.24) is 5.32 Å². The van der Waals surface area contributed by atoms with E-state index in [0.717, 1.165) is 13.0 Å². The first-order chi connectivity index (χ1) is 6.14. The van der Waals surface area contributed by atoms with Gasteiger partial charge in [0.15, 0.2) is 0 Å². The van der Waals surface area contributed by atoms with Crippen molar-refractivity contribution in [3.8, 4) is 0 Å². The fraction of sp³-hybridized carbons (Fsp3) is 0.500. The van der Waals surface area contributed by atoms with Gasteiger partial charge in [0.1, 0.15) is 0 Å². The van der Waals surface area contributed by atoms with Crippen LogP contribution in [-0.2, 0) is 6.54 Å². The summed E-state index contributed by atoms with van der Waals surface area (Å²) in [5.41, 5.74) is 1.60. The summed E-state index contributed by atoms with van der Waals surface area (Å²) in [6, 6.07) is 10.5. The summed E-state index contributed by atoms with van der Waals surface area (Å²) in [5.74, 6) is 0. The summed E-state index contributed by atoms with van der Waals surface area (Å²) in [5, 5.41) is 3.52. The first-order valence-corrected chi connectivity index (χ1v) is 4.93.